The van der Waals surface area contributed by atoms with Gasteiger partial charge in [0.25, 0.3) is 5.91 Å². The Bertz CT molecular complexity index is 836. The van der Waals surface area contributed by atoms with Crippen molar-refractivity contribution in [3.8, 4) is 0 Å². The number of rotatable bonds is 5. The lowest BCUT2D eigenvalue weighted by molar-refractivity contribution is 0.0942. The number of hydrogen-bond donors (Lipinski definition) is 1. The fourth-order valence-electron chi connectivity index (χ4n) is 2.64. The summed E-state index contributed by atoms with van der Waals surface area (Å²) < 4.78 is 1.90. The maximum absolute atomic E-state index is 12.5. The third-order valence-corrected chi connectivity index (χ3v) is 4.93. The zero-order valence-electron chi connectivity index (χ0n) is 13.5. The molecular formula is C17H20N4OS. The van der Waals surface area contributed by atoms with Crippen LogP contribution in [0.5, 0.6) is 0 Å². The van der Waals surface area contributed by atoms with Crippen molar-refractivity contribution in [1.29, 1.82) is 0 Å². The lowest BCUT2D eigenvalue weighted by atomic mass is 10.1. The van der Waals surface area contributed by atoms with E-state index >= 15 is 0 Å². The van der Waals surface area contributed by atoms with Crippen LogP contribution in [-0.4, -0.2) is 20.5 Å². The average molecular weight is 328 g/mol. The van der Waals surface area contributed by atoms with E-state index in [1.54, 1.807) is 11.3 Å². The molecule has 3 rings (SSSR count). The van der Waals surface area contributed by atoms with Crippen LogP contribution >= 0.6 is 11.3 Å². The Kier molecular flexibility index (Phi) is 4.43. The second-order valence-electron chi connectivity index (χ2n) is 5.62. The SMILES string of the molecule is CCCc1cc(C(=O)NC(C)c2nnc3ccccn23)sc1C. The molecule has 23 heavy (non-hydrogen) atoms. The summed E-state index contributed by atoms with van der Waals surface area (Å²) in [5.74, 6) is 0.677. The molecule has 0 aliphatic carbocycles. The Hall–Kier alpha value is -2.21. The molecule has 0 saturated heterocycles. The quantitative estimate of drug-likeness (QED) is 0.779. The summed E-state index contributed by atoms with van der Waals surface area (Å²) in [5, 5.41) is 11.3. The molecular weight excluding hydrogens is 308 g/mol. The molecule has 3 aromatic heterocycles. The van der Waals surface area contributed by atoms with Gasteiger partial charge in [-0.2, -0.15) is 0 Å². The van der Waals surface area contributed by atoms with Crippen molar-refractivity contribution in [1.82, 2.24) is 19.9 Å². The van der Waals surface area contributed by atoms with Crippen molar-refractivity contribution < 1.29 is 4.79 Å². The van der Waals surface area contributed by atoms with Gasteiger partial charge < -0.3 is 5.32 Å². The van der Waals surface area contributed by atoms with Crippen LogP contribution in [-0.2, 0) is 6.42 Å². The zero-order chi connectivity index (χ0) is 16.4. The van der Waals surface area contributed by atoms with Gasteiger partial charge in [0.15, 0.2) is 11.5 Å². The molecule has 0 aliphatic rings. The van der Waals surface area contributed by atoms with Crippen LogP contribution in [0.15, 0.2) is 30.5 Å². The van der Waals surface area contributed by atoms with E-state index in [-0.39, 0.29) is 11.9 Å². The number of pyridine rings is 1. The van der Waals surface area contributed by atoms with E-state index < -0.39 is 0 Å². The number of thiophene rings is 1. The van der Waals surface area contributed by atoms with E-state index in [1.165, 1.54) is 10.4 Å². The van der Waals surface area contributed by atoms with E-state index in [2.05, 4.69) is 29.4 Å². The molecule has 0 spiro atoms. The smallest absolute Gasteiger partial charge is 0.261 e. The van der Waals surface area contributed by atoms with E-state index in [9.17, 15) is 4.79 Å². The number of aromatic nitrogens is 3. The standard InChI is InChI=1S/C17H20N4OS/c1-4-7-13-10-14(23-12(13)3)17(22)18-11(2)16-20-19-15-8-5-6-9-21(15)16/h5-6,8-11H,4,7H2,1-3H3,(H,18,22). The maximum atomic E-state index is 12.5. The first kappa shape index (κ1) is 15.7. The van der Waals surface area contributed by atoms with Gasteiger partial charge in [-0.15, -0.1) is 21.5 Å². The van der Waals surface area contributed by atoms with Gasteiger partial charge in [0.05, 0.1) is 10.9 Å². The Morgan fingerprint density at radius 2 is 2.22 bits per heavy atom. The van der Waals surface area contributed by atoms with Crippen molar-refractivity contribution in [3.63, 3.8) is 0 Å². The highest BCUT2D eigenvalue weighted by Crippen LogP contribution is 2.23. The monoisotopic (exact) mass is 328 g/mol. The van der Waals surface area contributed by atoms with Gasteiger partial charge in [0.1, 0.15) is 0 Å². The first-order valence-electron chi connectivity index (χ1n) is 7.80. The highest BCUT2D eigenvalue weighted by atomic mass is 32.1. The molecule has 0 saturated carbocycles. The zero-order valence-corrected chi connectivity index (χ0v) is 14.4. The van der Waals surface area contributed by atoms with Crippen molar-refractivity contribution in [2.75, 3.05) is 0 Å². The number of hydrogen-bond acceptors (Lipinski definition) is 4. The molecule has 0 aliphatic heterocycles. The number of amides is 1. The molecule has 1 N–H and O–H groups in total. The Morgan fingerprint density at radius 1 is 1.39 bits per heavy atom. The highest BCUT2D eigenvalue weighted by Gasteiger charge is 2.18. The second-order valence-corrected chi connectivity index (χ2v) is 6.88. The minimum Gasteiger partial charge on any atom is -0.342 e. The van der Waals surface area contributed by atoms with E-state index in [4.69, 9.17) is 0 Å². The number of aryl methyl sites for hydroxylation is 2. The summed E-state index contributed by atoms with van der Waals surface area (Å²) in [6.45, 7) is 6.14. The van der Waals surface area contributed by atoms with Crippen molar-refractivity contribution in [2.45, 2.75) is 39.7 Å². The number of fused-ring (bicyclic) bond motifs is 1. The molecule has 0 radical (unpaired) electrons. The normalized spacial score (nSPS) is 12.5. The summed E-state index contributed by atoms with van der Waals surface area (Å²) in [5.41, 5.74) is 2.05. The van der Waals surface area contributed by atoms with Crippen molar-refractivity contribution >= 4 is 22.9 Å². The molecule has 120 valence electrons. The Balaban J connectivity index is 1.78. The summed E-state index contributed by atoms with van der Waals surface area (Å²) in [6, 6.07) is 7.53. The molecule has 6 heteroatoms. The van der Waals surface area contributed by atoms with Crippen LogP contribution < -0.4 is 5.32 Å². The fraction of sp³-hybridized carbons (Fsp3) is 0.353. The molecule has 1 amide bonds. The third kappa shape index (κ3) is 3.12. The van der Waals surface area contributed by atoms with Crippen LogP contribution in [0.3, 0.4) is 0 Å². The molecule has 3 heterocycles. The summed E-state index contributed by atoms with van der Waals surface area (Å²) in [6.07, 6.45) is 4.00. The minimum atomic E-state index is -0.211. The molecule has 0 bridgehead atoms. The molecule has 1 atom stereocenters. The second kappa shape index (κ2) is 6.50. The number of carbonyl (C=O) groups excluding carboxylic acids is 1. The van der Waals surface area contributed by atoms with Crippen LogP contribution in [0.1, 0.15) is 52.2 Å². The van der Waals surface area contributed by atoms with Gasteiger partial charge in [0.2, 0.25) is 0 Å². The van der Waals surface area contributed by atoms with Gasteiger partial charge in [-0.3, -0.25) is 9.20 Å². The van der Waals surface area contributed by atoms with Gasteiger partial charge in [0, 0.05) is 11.1 Å². The van der Waals surface area contributed by atoms with Crippen LogP contribution in [0.25, 0.3) is 5.65 Å². The van der Waals surface area contributed by atoms with Crippen LogP contribution in [0.2, 0.25) is 0 Å². The number of nitrogens with one attached hydrogen (secondary N) is 1. The minimum absolute atomic E-state index is 0.0550. The van der Waals surface area contributed by atoms with Gasteiger partial charge >= 0.3 is 0 Å². The molecule has 3 aromatic rings. The predicted octanol–water partition coefficient (Wildman–Crippen LogP) is 3.54. The summed E-state index contributed by atoms with van der Waals surface area (Å²) >= 11 is 1.55. The van der Waals surface area contributed by atoms with E-state index in [1.807, 2.05) is 41.8 Å². The molecule has 0 fully saturated rings. The highest BCUT2D eigenvalue weighted by molar-refractivity contribution is 7.14. The van der Waals surface area contributed by atoms with Gasteiger partial charge in [-0.05, 0) is 44.0 Å². The van der Waals surface area contributed by atoms with Gasteiger partial charge in [-0.25, -0.2) is 0 Å². The maximum Gasteiger partial charge on any atom is 0.261 e. The lowest BCUT2D eigenvalue weighted by Gasteiger charge is -2.11. The van der Waals surface area contributed by atoms with Crippen LogP contribution in [0, 0.1) is 6.92 Å². The van der Waals surface area contributed by atoms with Crippen LogP contribution in [0.4, 0.5) is 0 Å². The fourth-order valence-corrected chi connectivity index (χ4v) is 3.61. The van der Waals surface area contributed by atoms with E-state index in [0.29, 0.717) is 0 Å². The van der Waals surface area contributed by atoms with E-state index in [0.717, 1.165) is 29.2 Å². The topological polar surface area (TPSA) is 59.3 Å². The number of carbonyl (C=O) groups is 1. The Labute approximate surface area is 139 Å². The van der Waals surface area contributed by atoms with Gasteiger partial charge in [-0.1, -0.05) is 19.4 Å². The lowest BCUT2D eigenvalue weighted by Crippen LogP contribution is -2.27. The van der Waals surface area contributed by atoms with Crippen molar-refractivity contribution in [2.24, 2.45) is 0 Å². The molecule has 1 unspecified atom stereocenters. The molecule has 5 nitrogen and oxygen atoms in total. The first-order chi connectivity index (χ1) is 11.1. The predicted molar refractivity (Wildman–Crippen MR) is 91.9 cm³/mol. The van der Waals surface area contributed by atoms with Crippen molar-refractivity contribution in [3.05, 3.63) is 51.6 Å². The first-order valence-corrected chi connectivity index (χ1v) is 8.61. The Morgan fingerprint density at radius 3 is 3.00 bits per heavy atom. The summed E-state index contributed by atoms with van der Waals surface area (Å²) in [4.78, 5) is 14.5. The third-order valence-electron chi connectivity index (χ3n) is 3.84. The average Bonchev–Trinajstić information content (AvgIpc) is 3.12. The largest absolute Gasteiger partial charge is 0.342 e. The molecule has 0 aromatic carbocycles. The number of nitrogens with zero attached hydrogens (tertiary/aromatic N) is 3. The summed E-state index contributed by atoms with van der Waals surface area (Å²) in [7, 11) is 0.